The molecule has 0 spiro atoms. The first kappa shape index (κ1) is 13.9. The molecule has 5 nitrogen and oxygen atoms in total. The third-order valence-electron chi connectivity index (χ3n) is 2.67. The standard InChI is InChI=1S/C14H14FN3O2/c1-20-14(19)12-5-6-13(18-17-12)16-8-7-10-3-2-4-11(15)9-10/h2-6,9H,7-8H2,1H3,(H,16,18). The summed E-state index contributed by atoms with van der Waals surface area (Å²) < 4.78 is 17.5. The smallest absolute Gasteiger partial charge is 0.358 e. The highest BCUT2D eigenvalue weighted by molar-refractivity contribution is 5.86. The molecule has 1 aromatic heterocycles. The molecule has 0 fully saturated rings. The lowest BCUT2D eigenvalue weighted by molar-refractivity contribution is 0.0593. The van der Waals surface area contributed by atoms with E-state index in [4.69, 9.17) is 0 Å². The topological polar surface area (TPSA) is 64.1 Å². The number of nitrogens with zero attached hydrogens (tertiary/aromatic N) is 2. The van der Waals surface area contributed by atoms with Gasteiger partial charge in [0.15, 0.2) is 5.69 Å². The molecule has 1 N–H and O–H groups in total. The summed E-state index contributed by atoms with van der Waals surface area (Å²) in [6.45, 7) is 0.593. The molecule has 0 saturated carbocycles. The van der Waals surface area contributed by atoms with Crippen LogP contribution in [0.1, 0.15) is 16.1 Å². The number of ether oxygens (including phenoxy) is 1. The van der Waals surface area contributed by atoms with E-state index >= 15 is 0 Å². The second kappa shape index (κ2) is 6.60. The quantitative estimate of drug-likeness (QED) is 0.846. The summed E-state index contributed by atoms with van der Waals surface area (Å²) in [4.78, 5) is 11.2. The Bertz CT molecular complexity index is 587. The maximum absolute atomic E-state index is 13.0. The Hall–Kier alpha value is -2.50. The van der Waals surface area contributed by atoms with Crippen LogP contribution in [0.2, 0.25) is 0 Å². The summed E-state index contributed by atoms with van der Waals surface area (Å²) in [5, 5.41) is 10.7. The molecule has 1 heterocycles. The van der Waals surface area contributed by atoms with Crippen LogP contribution in [0.15, 0.2) is 36.4 Å². The van der Waals surface area contributed by atoms with Crippen LogP contribution < -0.4 is 5.32 Å². The van der Waals surface area contributed by atoms with Crippen molar-refractivity contribution in [1.82, 2.24) is 10.2 Å². The van der Waals surface area contributed by atoms with Crippen LogP contribution in [-0.2, 0) is 11.2 Å². The van der Waals surface area contributed by atoms with Crippen molar-refractivity contribution in [2.75, 3.05) is 19.0 Å². The van der Waals surface area contributed by atoms with Crippen LogP contribution in [0.25, 0.3) is 0 Å². The fourth-order valence-corrected chi connectivity index (χ4v) is 1.67. The molecular weight excluding hydrogens is 261 g/mol. The van der Waals surface area contributed by atoms with Crippen LogP contribution in [0.5, 0.6) is 0 Å². The minimum Gasteiger partial charge on any atom is -0.464 e. The van der Waals surface area contributed by atoms with Crippen LogP contribution in [0.4, 0.5) is 10.2 Å². The van der Waals surface area contributed by atoms with Gasteiger partial charge in [0.25, 0.3) is 0 Å². The van der Waals surface area contributed by atoms with E-state index in [1.807, 2.05) is 6.07 Å². The molecule has 104 valence electrons. The summed E-state index contributed by atoms with van der Waals surface area (Å²) in [5.41, 5.74) is 1.06. The third-order valence-corrected chi connectivity index (χ3v) is 2.67. The second-order valence-corrected chi connectivity index (χ2v) is 4.10. The molecule has 2 aromatic rings. The number of hydrogen-bond acceptors (Lipinski definition) is 5. The Labute approximate surface area is 115 Å². The van der Waals surface area contributed by atoms with Crippen molar-refractivity contribution in [1.29, 1.82) is 0 Å². The molecule has 1 aromatic carbocycles. The van der Waals surface area contributed by atoms with Gasteiger partial charge in [-0.3, -0.25) is 0 Å². The van der Waals surface area contributed by atoms with Gasteiger partial charge in [-0.2, -0.15) is 0 Å². The van der Waals surface area contributed by atoms with Crippen molar-refractivity contribution >= 4 is 11.8 Å². The van der Waals surface area contributed by atoms with E-state index in [1.165, 1.54) is 25.3 Å². The highest BCUT2D eigenvalue weighted by atomic mass is 19.1. The zero-order valence-corrected chi connectivity index (χ0v) is 11.0. The number of methoxy groups -OCH3 is 1. The van der Waals surface area contributed by atoms with Crippen LogP contribution >= 0.6 is 0 Å². The number of benzene rings is 1. The third kappa shape index (κ3) is 3.74. The highest BCUT2D eigenvalue weighted by Crippen LogP contribution is 2.06. The van der Waals surface area contributed by atoms with Gasteiger partial charge in [-0.1, -0.05) is 12.1 Å². The number of carbonyl (C=O) groups is 1. The average Bonchev–Trinajstić information content (AvgIpc) is 2.47. The number of esters is 1. The van der Waals surface area contributed by atoms with Gasteiger partial charge in [0, 0.05) is 6.54 Å². The Morgan fingerprint density at radius 3 is 2.80 bits per heavy atom. The Balaban J connectivity index is 1.86. The molecule has 6 heteroatoms. The first-order chi connectivity index (χ1) is 9.69. The van der Waals surface area contributed by atoms with E-state index in [9.17, 15) is 9.18 Å². The van der Waals surface area contributed by atoms with Gasteiger partial charge in [0.2, 0.25) is 0 Å². The number of halogens is 1. The Morgan fingerprint density at radius 1 is 1.30 bits per heavy atom. The van der Waals surface area contributed by atoms with Gasteiger partial charge >= 0.3 is 5.97 Å². The minimum atomic E-state index is -0.524. The average molecular weight is 275 g/mol. The van der Waals surface area contributed by atoms with E-state index in [-0.39, 0.29) is 11.5 Å². The van der Waals surface area contributed by atoms with E-state index in [0.717, 1.165) is 5.56 Å². The maximum atomic E-state index is 13.0. The lowest BCUT2D eigenvalue weighted by Crippen LogP contribution is -2.10. The number of hydrogen-bond donors (Lipinski definition) is 1. The first-order valence-electron chi connectivity index (χ1n) is 6.09. The Morgan fingerprint density at radius 2 is 2.15 bits per heavy atom. The van der Waals surface area contributed by atoms with Crippen molar-refractivity contribution in [2.24, 2.45) is 0 Å². The number of rotatable bonds is 5. The number of nitrogens with one attached hydrogen (secondary N) is 1. The van der Waals surface area contributed by atoms with Crippen LogP contribution in [0, 0.1) is 5.82 Å². The van der Waals surface area contributed by atoms with Gasteiger partial charge in [0.1, 0.15) is 11.6 Å². The van der Waals surface area contributed by atoms with E-state index in [0.29, 0.717) is 18.8 Å². The van der Waals surface area contributed by atoms with Gasteiger partial charge in [-0.05, 0) is 36.2 Å². The summed E-state index contributed by atoms with van der Waals surface area (Å²) in [7, 11) is 1.29. The normalized spacial score (nSPS) is 10.1. The molecule has 0 amide bonds. The minimum absolute atomic E-state index is 0.156. The Kier molecular flexibility index (Phi) is 4.60. The summed E-state index contributed by atoms with van der Waals surface area (Å²) >= 11 is 0. The molecule has 0 radical (unpaired) electrons. The van der Waals surface area contributed by atoms with E-state index in [2.05, 4.69) is 20.3 Å². The van der Waals surface area contributed by atoms with Crippen LogP contribution in [-0.4, -0.2) is 29.8 Å². The van der Waals surface area contributed by atoms with Gasteiger partial charge in [-0.25, -0.2) is 9.18 Å². The predicted octanol–water partition coefficient (Wildman–Crippen LogP) is 2.06. The van der Waals surface area contributed by atoms with E-state index < -0.39 is 5.97 Å². The lowest BCUT2D eigenvalue weighted by Gasteiger charge is -2.05. The van der Waals surface area contributed by atoms with Crippen molar-refractivity contribution in [2.45, 2.75) is 6.42 Å². The molecule has 0 saturated heterocycles. The zero-order chi connectivity index (χ0) is 14.4. The molecule has 0 unspecified atom stereocenters. The predicted molar refractivity (Wildman–Crippen MR) is 72.0 cm³/mol. The van der Waals surface area contributed by atoms with Gasteiger partial charge < -0.3 is 10.1 Å². The SMILES string of the molecule is COC(=O)c1ccc(NCCc2cccc(F)c2)nn1. The van der Waals surface area contributed by atoms with Crippen molar-refractivity contribution in [3.05, 3.63) is 53.5 Å². The van der Waals surface area contributed by atoms with Crippen molar-refractivity contribution in [3.8, 4) is 0 Å². The van der Waals surface area contributed by atoms with Gasteiger partial charge in [0.05, 0.1) is 7.11 Å². The van der Waals surface area contributed by atoms with Gasteiger partial charge in [-0.15, -0.1) is 10.2 Å². The number of aromatic nitrogens is 2. The van der Waals surface area contributed by atoms with E-state index in [1.54, 1.807) is 12.1 Å². The summed E-state index contributed by atoms with van der Waals surface area (Å²) in [6.07, 6.45) is 0.665. The zero-order valence-electron chi connectivity index (χ0n) is 11.0. The molecule has 0 bridgehead atoms. The maximum Gasteiger partial charge on any atom is 0.358 e. The summed E-state index contributed by atoms with van der Waals surface area (Å²) in [5.74, 6) is -0.220. The lowest BCUT2D eigenvalue weighted by atomic mass is 10.1. The van der Waals surface area contributed by atoms with Crippen molar-refractivity contribution in [3.63, 3.8) is 0 Å². The molecule has 2 rings (SSSR count). The monoisotopic (exact) mass is 275 g/mol. The number of anilines is 1. The molecule has 0 aliphatic heterocycles. The molecule has 0 aliphatic carbocycles. The second-order valence-electron chi connectivity index (χ2n) is 4.10. The van der Waals surface area contributed by atoms with Crippen LogP contribution in [0.3, 0.4) is 0 Å². The molecule has 0 aliphatic rings. The fraction of sp³-hybridized carbons (Fsp3) is 0.214. The molecule has 0 atom stereocenters. The largest absolute Gasteiger partial charge is 0.464 e. The first-order valence-corrected chi connectivity index (χ1v) is 6.09. The number of carbonyl (C=O) groups excluding carboxylic acids is 1. The highest BCUT2D eigenvalue weighted by Gasteiger charge is 2.07. The van der Waals surface area contributed by atoms with Crippen molar-refractivity contribution < 1.29 is 13.9 Å². The summed E-state index contributed by atoms with van der Waals surface area (Å²) in [6, 6.07) is 9.61. The molecule has 20 heavy (non-hydrogen) atoms. The fourth-order valence-electron chi connectivity index (χ4n) is 1.67. The molecular formula is C14H14FN3O2.